The Kier molecular flexibility index (Phi) is 6.25. The number of anilines is 2. The molecule has 174 valence electrons. The van der Waals surface area contributed by atoms with E-state index in [9.17, 15) is 22.9 Å². The number of amidine groups is 1. The third-order valence-electron chi connectivity index (χ3n) is 4.67. The van der Waals surface area contributed by atoms with Crippen molar-refractivity contribution in [2.24, 2.45) is 10.2 Å². The predicted octanol–water partition coefficient (Wildman–Crippen LogP) is 2.09. The van der Waals surface area contributed by atoms with Crippen molar-refractivity contribution in [3.05, 3.63) is 40.3 Å². The number of rotatable bonds is 6. The van der Waals surface area contributed by atoms with Gasteiger partial charge in [0.25, 0.3) is 5.56 Å². The predicted molar refractivity (Wildman–Crippen MR) is 124 cm³/mol. The molecule has 1 aromatic carbocycles. The Balaban J connectivity index is 2.08. The summed E-state index contributed by atoms with van der Waals surface area (Å²) < 4.78 is 49.4. The molecule has 2 aromatic rings. The van der Waals surface area contributed by atoms with Crippen LogP contribution in [0.2, 0.25) is 0 Å². The molecule has 32 heavy (non-hydrogen) atoms. The minimum absolute atomic E-state index is 0.0395. The Morgan fingerprint density at radius 2 is 2.00 bits per heavy atom. The zero-order valence-corrected chi connectivity index (χ0v) is 20.1. The van der Waals surface area contributed by atoms with Crippen molar-refractivity contribution in [2.75, 3.05) is 23.4 Å². The quantitative estimate of drug-likeness (QED) is 0.528. The summed E-state index contributed by atoms with van der Waals surface area (Å²) in [5, 5.41) is 17.4. The van der Waals surface area contributed by atoms with Crippen LogP contribution in [0.4, 0.5) is 11.4 Å². The van der Waals surface area contributed by atoms with Crippen LogP contribution >= 0.6 is 7.52 Å². The van der Waals surface area contributed by atoms with Gasteiger partial charge in [-0.05, 0) is 30.0 Å². The first-order chi connectivity index (χ1) is 14.7. The molecule has 3 rings (SSSR count). The number of aromatic hydroxyl groups is 1. The highest BCUT2D eigenvalue weighted by Gasteiger charge is 2.35. The lowest BCUT2D eigenvalue weighted by atomic mass is 9.92. The third kappa shape index (κ3) is 5.20. The first-order valence-corrected chi connectivity index (χ1v) is 13.1. The van der Waals surface area contributed by atoms with Crippen molar-refractivity contribution in [1.82, 2.24) is 9.78 Å². The molecule has 0 spiro atoms. The maximum Gasteiger partial charge on any atom is 0.348 e. The van der Waals surface area contributed by atoms with Gasteiger partial charge in [-0.3, -0.25) is 14.1 Å². The van der Waals surface area contributed by atoms with Gasteiger partial charge in [0, 0.05) is 19.3 Å². The number of nitrogens with one attached hydrogen (secondary N) is 2. The van der Waals surface area contributed by atoms with E-state index < -0.39 is 28.9 Å². The lowest BCUT2D eigenvalue weighted by Crippen LogP contribution is -2.34. The molecule has 11 nitrogen and oxygen atoms in total. The Morgan fingerprint density at radius 1 is 1.31 bits per heavy atom. The number of aromatic nitrogens is 2. The number of fused-ring (bicyclic) bond motifs is 1. The number of nitrogens with zero attached hydrogens (tertiary/aromatic N) is 3. The molecule has 1 atom stereocenters. The molecule has 0 fully saturated rings. The first-order valence-electron chi connectivity index (χ1n) is 9.67. The summed E-state index contributed by atoms with van der Waals surface area (Å²) in [6.07, 6.45) is 2.79. The normalized spacial score (nSPS) is 18.5. The van der Waals surface area contributed by atoms with Crippen LogP contribution < -0.4 is 20.9 Å². The smallest absolute Gasteiger partial charge is 0.348 e. The summed E-state index contributed by atoms with van der Waals surface area (Å²) in [7, 11) is -6.24. The zero-order valence-electron chi connectivity index (χ0n) is 18.4. The zero-order chi connectivity index (χ0) is 23.9. The van der Waals surface area contributed by atoms with Crippen LogP contribution in [0.3, 0.4) is 0 Å². The molecule has 1 aliphatic heterocycles. The standard InChI is InChI=1S/C19H26N5O6PS/c1-19(2,3)8-9-24-18(26)16(14(25)11-20-24)17-21-13-7-6-12(23-32(5,28)29)10-15(13)31(27,22-17)30-4/h6-7,10-11,23,25H,8-9H2,1-5H3,(H,21,22,27). The molecule has 0 saturated carbocycles. The summed E-state index contributed by atoms with van der Waals surface area (Å²) in [6, 6.07) is 4.30. The van der Waals surface area contributed by atoms with E-state index in [1.54, 1.807) is 0 Å². The van der Waals surface area contributed by atoms with Gasteiger partial charge in [0.15, 0.2) is 11.6 Å². The van der Waals surface area contributed by atoms with E-state index in [1.807, 2.05) is 20.8 Å². The Hall–Kier alpha value is -2.69. The second kappa shape index (κ2) is 8.34. The molecule has 0 bridgehead atoms. The summed E-state index contributed by atoms with van der Waals surface area (Å²) in [4.78, 5) is 13.0. The maximum absolute atomic E-state index is 13.5. The fourth-order valence-corrected chi connectivity index (χ4v) is 5.13. The number of benzene rings is 1. The van der Waals surface area contributed by atoms with Crippen LogP contribution in [-0.4, -0.2) is 42.5 Å². The van der Waals surface area contributed by atoms with Crippen molar-refractivity contribution >= 4 is 40.1 Å². The van der Waals surface area contributed by atoms with Crippen LogP contribution in [0.1, 0.15) is 32.8 Å². The fraction of sp³-hybridized carbons (Fsp3) is 0.421. The summed E-state index contributed by atoms with van der Waals surface area (Å²) in [6.45, 7) is 6.42. The van der Waals surface area contributed by atoms with E-state index in [-0.39, 0.29) is 27.8 Å². The van der Waals surface area contributed by atoms with Gasteiger partial charge in [0.05, 0.1) is 23.4 Å². The van der Waals surface area contributed by atoms with Crippen molar-refractivity contribution in [1.29, 1.82) is 0 Å². The second-order valence-corrected chi connectivity index (χ2v) is 12.5. The topological polar surface area (TPSA) is 152 Å². The summed E-state index contributed by atoms with van der Waals surface area (Å²) in [5.74, 6) is -0.546. The fourth-order valence-electron chi connectivity index (χ4n) is 3.04. The second-order valence-electron chi connectivity index (χ2n) is 8.63. The minimum Gasteiger partial charge on any atom is -0.505 e. The third-order valence-corrected chi connectivity index (χ3v) is 7.22. The van der Waals surface area contributed by atoms with E-state index >= 15 is 0 Å². The lowest BCUT2D eigenvalue weighted by molar-refractivity contribution is 0.334. The van der Waals surface area contributed by atoms with Gasteiger partial charge >= 0.3 is 7.52 Å². The van der Waals surface area contributed by atoms with Crippen molar-refractivity contribution in [3.63, 3.8) is 0 Å². The maximum atomic E-state index is 13.5. The molecule has 13 heteroatoms. The molecule has 1 unspecified atom stereocenters. The number of hydrogen-bond donors (Lipinski definition) is 3. The highest BCUT2D eigenvalue weighted by Crippen LogP contribution is 2.51. The molecule has 0 aliphatic carbocycles. The van der Waals surface area contributed by atoms with Gasteiger partial charge in [-0.1, -0.05) is 20.8 Å². The highest BCUT2D eigenvalue weighted by atomic mass is 32.2. The van der Waals surface area contributed by atoms with Crippen LogP contribution in [0.15, 0.2) is 34.0 Å². The lowest BCUT2D eigenvalue weighted by Gasteiger charge is -2.25. The van der Waals surface area contributed by atoms with Gasteiger partial charge in [0.2, 0.25) is 10.0 Å². The van der Waals surface area contributed by atoms with Crippen molar-refractivity contribution in [2.45, 2.75) is 33.7 Å². The van der Waals surface area contributed by atoms with E-state index in [2.05, 4.69) is 19.9 Å². The number of aryl methyl sites for hydroxylation is 1. The molecule has 1 aromatic heterocycles. The van der Waals surface area contributed by atoms with Gasteiger partial charge in [-0.2, -0.15) is 9.86 Å². The van der Waals surface area contributed by atoms with Gasteiger partial charge in [-0.15, -0.1) is 0 Å². The van der Waals surface area contributed by atoms with Crippen LogP contribution in [0, 0.1) is 5.41 Å². The molecule has 0 saturated heterocycles. The van der Waals surface area contributed by atoms with Crippen LogP contribution in [0.5, 0.6) is 5.75 Å². The molecular formula is C19H26N5O6PS. The summed E-state index contributed by atoms with van der Waals surface area (Å²) >= 11 is 0. The Bertz CT molecular complexity index is 1300. The minimum atomic E-state index is -3.88. The highest BCUT2D eigenvalue weighted by molar-refractivity contribution is 7.92. The average molecular weight is 483 g/mol. The van der Waals surface area contributed by atoms with Gasteiger partial charge < -0.3 is 14.9 Å². The van der Waals surface area contributed by atoms with E-state index in [0.717, 1.165) is 12.5 Å². The Labute approximate surface area is 186 Å². The van der Waals surface area contributed by atoms with Gasteiger partial charge in [-0.25, -0.2) is 13.1 Å². The Morgan fingerprint density at radius 3 is 2.59 bits per heavy atom. The van der Waals surface area contributed by atoms with E-state index in [1.165, 1.54) is 30.0 Å². The molecule has 1 aliphatic rings. The SMILES string of the molecule is COP1(=O)N=C(c2c(O)cnn(CCC(C)(C)C)c2=O)Nc2ccc(NS(C)(=O)=O)cc21. The number of hydrogen-bond acceptors (Lipinski definition) is 8. The van der Waals surface area contributed by atoms with Gasteiger partial charge in [0.1, 0.15) is 5.56 Å². The molecule has 3 N–H and O–H groups in total. The molecule has 0 amide bonds. The number of sulfonamides is 1. The molecule has 0 radical (unpaired) electrons. The van der Waals surface area contributed by atoms with Crippen LogP contribution in [0.25, 0.3) is 0 Å². The van der Waals surface area contributed by atoms with Crippen molar-refractivity contribution < 1.29 is 22.6 Å². The van der Waals surface area contributed by atoms with E-state index in [4.69, 9.17) is 4.52 Å². The molecule has 2 heterocycles. The van der Waals surface area contributed by atoms with Crippen molar-refractivity contribution in [3.8, 4) is 5.75 Å². The van der Waals surface area contributed by atoms with Crippen LogP contribution in [-0.2, 0) is 25.7 Å². The average Bonchev–Trinajstić information content (AvgIpc) is 2.66. The molecular weight excluding hydrogens is 457 g/mol. The first kappa shape index (κ1) is 24.0. The largest absolute Gasteiger partial charge is 0.505 e. The van der Waals surface area contributed by atoms with E-state index in [0.29, 0.717) is 18.7 Å². The summed E-state index contributed by atoms with van der Waals surface area (Å²) in [5.41, 5.74) is -0.337. The monoisotopic (exact) mass is 483 g/mol.